The molecular weight excluding hydrogens is 232 g/mol. The molecule has 92 valence electrons. The van der Waals surface area contributed by atoms with E-state index in [4.69, 9.17) is 5.11 Å². The average molecular weight is 244 g/mol. The minimum atomic E-state index is -1.17. The third kappa shape index (κ3) is 2.15. The van der Waals surface area contributed by atoms with Crippen molar-refractivity contribution in [2.24, 2.45) is 0 Å². The lowest BCUT2D eigenvalue weighted by atomic mass is 10.0. The van der Waals surface area contributed by atoms with Crippen LogP contribution >= 0.6 is 0 Å². The highest BCUT2D eigenvalue weighted by Crippen LogP contribution is 2.21. The first-order valence-electron chi connectivity index (χ1n) is 5.40. The summed E-state index contributed by atoms with van der Waals surface area (Å²) in [4.78, 5) is 28.5. The number of rotatable bonds is 2. The zero-order chi connectivity index (χ0) is 13.3. The fraction of sp³-hybridized carbons (Fsp3) is 0.154. The molecule has 0 atom stereocenters. The molecule has 0 spiro atoms. The average Bonchev–Trinajstić information content (AvgIpc) is 2.32. The van der Waals surface area contributed by atoms with Gasteiger partial charge in [0.25, 0.3) is 0 Å². The number of aromatic amines is 1. The summed E-state index contributed by atoms with van der Waals surface area (Å²) in [6.07, 6.45) is 0. The molecule has 0 bridgehead atoms. The molecule has 5 nitrogen and oxygen atoms in total. The van der Waals surface area contributed by atoms with Gasteiger partial charge in [-0.3, -0.25) is 4.98 Å². The van der Waals surface area contributed by atoms with Crippen molar-refractivity contribution in [1.29, 1.82) is 0 Å². The summed E-state index contributed by atoms with van der Waals surface area (Å²) in [5.74, 6) is -1.17. The number of aromatic nitrogens is 2. The fourth-order valence-electron chi connectivity index (χ4n) is 1.74. The maximum absolute atomic E-state index is 11.4. The Morgan fingerprint density at radius 3 is 2.39 bits per heavy atom. The van der Waals surface area contributed by atoms with Crippen LogP contribution in [0.5, 0.6) is 0 Å². The molecule has 0 aliphatic carbocycles. The number of hydrogen-bond acceptors (Lipinski definition) is 3. The lowest BCUT2D eigenvalue weighted by Crippen LogP contribution is -2.19. The number of aryl methyl sites for hydroxylation is 1. The minimum Gasteiger partial charge on any atom is -0.477 e. The summed E-state index contributed by atoms with van der Waals surface area (Å²) in [6.45, 7) is 3.58. The third-order valence-corrected chi connectivity index (χ3v) is 2.71. The lowest BCUT2D eigenvalue weighted by Gasteiger charge is -2.07. The molecular formula is C13H12N2O3. The predicted molar refractivity (Wildman–Crippen MR) is 66.7 cm³/mol. The van der Waals surface area contributed by atoms with Crippen LogP contribution in [0.1, 0.15) is 21.6 Å². The van der Waals surface area contributed by atoms with Gasteiger partial charge >= 0.3 is 11.7 Å². The Hall–Kier alpha value is -2.43. The van der Waals surface area contributed by atoms with Crippen molar-refractivity contribution in [2.45, 2.75) is 13.8 Å². The normalized spacial score (nSPS) is 10.3. The van der Waals surface area contributed by atoms with E-state index in [-0.39, 0.29) is 5.69 Å². The lowest BCUT2D eigenvalue weighted by molar-refractivity contribution is 0.0689. The molecule has 0 aliphatic heterocycles. The van der Waals surface area contributed by atoms with E-state index >= 15 is 0 Å². The van der Waals surface area contributed by atoms with Crippen LogP contribution in [0.15, 0.2) is 29.1 Å². The molecule has 0 unspecified atom stereocenters. The Bertz CT molecular complexity index is 657. The molecule has 0 saturated heterocycles. The maximum atomic E-state index is 11.4. The monoisotopic (exact) mass is 244 g/mol. The van der Waals surface area contributed by atoms with Gasteiger partial charge in [-0.1, -0.05) is 29.8 Å². The van der Waals surface area contributed by atoms with E-state index in [2.05, 4.69) is 9.97 Å². The summed E-state index contributed by atoms with van der Waals surface area (Å²) in [6, 6.07) is 7.40. The van der Waals surface area contributed by atoms with Gasteiger partial charge in [-0.25, -0.2) is 9.59 Å². The van der Waals surface area contributed by atoms with Crippen molar-refractivity contribution in [1.82, 2.24) is 9.97 Å². The van der Waals surface area contributed by atoms with Gasteiger partial charge in [0.1, 0.15) is 5.69 Å². The topological polar surface area (TPSA) is 83.0 Å². The molecule has 1 aromatic carbocycles. The van der Waals surface area contributed by atoms with E-state index in [0.29, 0.717) is 11.3 Å². The van der Waals surface area contributed by atoms with Crippen LogP contribution in [-0.4, -0.2) is 21.0 Å². The van der Waals surface area contributed by atoms with Crippen LogP contribution in [0.25, 0.3) is 11.3 Å². The zero-order valence-electron chi connectivity index (χ0n) is 10.0. The molecule has 18 heavy (non-hydrogen) atoms. The van der Waals surface area contributed by atoms with Gasteiger partial charge in [-0.05, 0) is 13.8 Å². The van der Waals surface area contributed by atoms with Crippen LogP contribution in [0, 0.1) is 13.8 Å². The summed E-state index contributed by atoms with van der Waals surface area (Å²) in [5.41, 5.74) is 1.88. The number of carboxylic acids is 1. The maximum Gasteiger partial charge on any atom is 0.352 e. The second-order valence-corrected chi connectivity index (χ2v) is 4.06. The molecule has 0 amide bonds. The largest absolute Gasteiger partial charge is 0.477 e. The molecule has 0 fully saturated rings. The second-order valence-electron chi connectivity index (χ2n) is 4.06. The Morgan fingerprint density at radius 1 is 1.22 bits per heavy atom. The van der Waals surface area contributed by atoms with Crippen molar-refractivity contribution >= 4 is 5.97 Å². The molecule has 2 aromatic rings. The third-order valence-electron chi connectivity index (χ3n) is 2.71. The van der Waals surface area contributed by atoms with Gasteiger partial charge in [-0.15, -0.1) is 0 Å². The van der Waals surface area contributed by atoms with Gasteiger partial charge in [0.15, 0.2) is 0 Å². The fourth-order valence-corrected chi connectivity index (χ4v) is 1.74. The highest BCUT2D eigenvalue weighted by molar-refractivity contribution is 5.89. The molecule has 0 radical (unpaired) electrons. The summed E-state index contributed by atoms with van der Waals surface area (Å²) in [7, 11) is 0. The van der Waals surface area contributed by atoms with E-state index in [1.807, 2.05) is 31.2 Å². The van der Waals surface area contributed by atoms with Gasteiger partial charge < -0.3 is 5.11 Å². The molecule has 5 heteroatoms. The number of aromatic carboxylic acids is 1. The number of carboxylic acid groups (broad SMARTS) is 1. The number of hydrogen-bond donors (Lipinski definition) is 2. The first-order chi connectivity index (χ1) is 8.49. The van der Waals surface area contributed by atoms with E-state index in [1.54, 1.807) is 6.92 Å². The Labute approximate surface area is 103 Å². The standard InChI is InChI=1S/C13H12N2O3/c1-7-3-5-9(6-4-7)10-8(2)11(12(16)17)15-13(18)14-10/h3-6H,1-2H3,(H,16,17)(H,14,15,18). The predicted octanol–water partition coefficient (Wildman–Crippen LogP) is 1.75. The molecule has 0 saturated carbocycles. The highest BCUT2D eigenvalue weighted by atomic mass is 16.4. The van der Waals surface area contributed by atoms with E-state index in [9.17, 15) is 9.59 Å². The molecule has 1 heterocycles. The molecule has 0 aliphatic rings. The first-order valence-corrected chi connectivity index (χ1v) is 5.40. The number of nitrogens with one attached hydrogen (secondary N) is 1. The summed E-state index contributed by atoms with van der Waals surface area (Å²) < 4.78 is 0. The van der Waals surface area contributed by atoms with E-state index < -0.39 is 11.7 Å². The highest BCUT2D eigenvalue weighted by Gasteiger charge is 2.14. The number of H-pyrrole nitrogens is 1. The summed E-state index contributed by atoms with van der Waals surface area (Å²) >= 11 is 0. The molecule has 2 rings (SSSR count). The van der Waals surface area contributed by atoms with Crippen molar-refractivity contribution in [2.75, 3.05) is 0 Å². The van der Waals surface area contributed by atoms with Crippen molar-refractivity contribution < 1.29 is 9.90 Å². The van der Waals surface area contributed by atoms with Gasteiger partial charge in [0.2, 0.25) is 0 Å². The van der Waals surface area contributed by atoms with Crippen LogP contribution in [0.3, 0.4) is 0 Å². The zero-order valence-corrected chi connectivity index (χ0v) is 10.0. The Morgan fingerprint density at radius 2 is 1.83 bits per heavy atom. The summed E-state index contributed by atoms with van der Waals surface area (Å²) in [5, 5.41) is 9.01. The van der Waals surface area contributed by atoms with Crippen LogP contribution < -0.4 is 5.69 Å². The van der Waals surface area contributed by atoms with Crippen LogP contribution in [0.4, 0.5) is 0 Å². The van der Waals surface area contributed by atoms with Gasteiger partial charge in [0.05, 0.1) is 5.69 Å². The SMILES string of the molecule is Cc1ccc(-c2nc(=O)[nH]c(C(=O)O)c2C)cc1. The molecule has 1 aromatic heterocycles. The van der Waals surface area contributed by atoms with Crippen LogP contribution in [0.2, 0.25) is 0 Å². The first kappa shape index (κ1) is 12.0. The van der Waals surface area contributed by atoms with E-state index in [1.165, 1.54) is 0 Å². The number of nitrogens with zero attached hydrogens (tertiary/aromatic N) is 1. The van der Waals surface area contributed by atoms with Gasteiger partial charge in [-0.2, -0.15) is 4.98 Å². The van der Waals surface area contributed by atoms with Gasteiger partial charge in [0, 0.05) is 11.1 Å². The Kier molecular flexibility index (Phi) is 2.97. The van der Waals surface area contributed by atoms with E-state index in [0.717, 1.165) is 11.1 Å². The Balaban J connectivity index is 2.68. The minimum absolute atomic E-state index is 0.120. The second kappa shape index (κ2) is 4.44. The number of carbonyl (C=O) groups is 1. The molecule has 2 N–H and O–H groups in total. The van der Waals surface area contributed by atoms with Crippen molar-refractivity contribution in [3.05, 3.63) is 51.6 Å². The van der Waals surface area contributed by atoms with Crippen molar-refractivity contribution in [3.63, 3.8) is 0 Å². The van der Waals surface area contributed by atoms with Crippen molar-refractivity contribution in [3.8, 4) is 11.3 Å². The number of benzene rings is 1. The van der Waals surface area contributed by atoms with Crippen LogP contribution in [-0.2, 0) is 0 Å². The smallest absolute Gasteiger partial charge is 0.352 e. The quantitative estimate of drug-likeness (QED) is 0.843.